The van der Waals surface area contributed by atoms with Gasteiger partial charge in [-0.05, 0) is 62.4 Å². The highest BCUT2D eigenvalue weighted by atomic mass is 35.5. The number of hydrogen-bond acceptors (Lipinski definition) is 4. The van der Waals surface area contributed by atoms with Crippen molar-refractivity contribution < 1.29 is 19.1 Å². The molecule has 1 aliphatic heterocycles. The number of fused-ring (bicyclic) bond motifs is 2. The lowest BCUT2D eigenvalue weighted by Crippen LogP contribution is -2.12. The highest BCUT2D eigenvalue weighted by Gasteiger charge is 2.30. The number of carbonyl (C=O) groups excluding carboxylic acids is 2. The largest absolute Gasteiger partial charge is 0.485 e. The van der Waals surface area contributed by atoms with Crippen LogP contribution in [0.5, 0.6) is 11.5 Å². The van der Waals surface area contributed by atoms with Gasteiger partial charge >= 0.3 is 0 Å². The lowest BCUT2D eigenvalue weighted by Gasteiger charge is -2.11. The molecule has 0 amide bonds. The molecule has 0 spiro atoms. The molecule has 0 aliphatic carbocycles. The van der Waals surface area contributed by atoms with Gasteiger partial charge in [0.1, 0.15) is 11.5 Å². The minimum absolute atomic E-state index is 0.131. The van der Waals surface area contributed by atoms with Crippen LogP contribution >= 0.6 is 11.6 Å². The van der Waals surface area contributed by atoms with Crippen LogP contribution in [-0.4, -0.2) is 22.7 Å². The van der Waals surface area contributed by atoms with Crippen molar-refractivity contribution in [1.82, 2.24) is 4.57 Å². The number of hydrogen-bond donors (Lipinski definition) is 0. The summed E-state index contributed by atoms with van der Waals surface area (Å²) in [7, 11) is 0. The summed E-state index contributed by atoms with van der Waals surface area (Å²) in [4.78, 5) is 25.5. The van der Waals surface area contributed by atoms with Crippen molar-refractivity contribution in [3.05, 3.63) is 99.9 Å². The minimum Gasteiger partial charge on any atom is -0.485 e. The van der Waals surface area contributed by atoms with Gasteiger partial charge < -0.3 is 14.0 Å². The molecule has 5 rings (SSSR count). The number of Topliss-reactive ketones (excluding diaryl/α,β-unsaturated/α-hetero) is 2. The average Bonchev–Trinajstić information content (AvgIpc) is 3.37. The quantitative estimate of drug-likeness (QED) is 0.238. The number of aromatic nitrogens is 1. The summed E-state index contributed by atoms with van der Waals surface area (Å²) in [5, 5.41) is 1.63. The summed E-state index contributed by atoms with van der Waals surface area (Å²) in [6, 6.07) is 18.1. The normalized spacial score (nSPS) is 13.9. The highest BCUT2D eigenvalue weighted by molar-refractivity contribution is 6.30. The first kappa shape index (κ1) is 22.0. The summed E-state index contributed by atoms with van der Waals surface area (Å²) in [5.74, 6) is 0.896. The first-order chi connectivity index (χ1) is 16.5. The third-order valence-corrected chi connectivity index (χ3v) is 6.26. The van der Waals surface area contributed by atoms with E-state index in [0.29, 0.717) is 33.2 Å². The summed E-state index contributed by atoms with van der Waals surface area (Å²) >= 11 is 5.89. The highest BCUT2D eigenvalue weighted by Crippen LogP contribution is 2.39. The van der Waals surface area contributed by atoms with Crippen LogP contribution in [0.2, 0.25) is 5.02 Å². The predicted octanol–water partition coefficient (Wildman–Crippen LogP) is 6.50. The molecule has 0 N–H and O–H groups in total. The molecule has 1 aliphatic rings. The van der Waals surface area contributed by atoms with Crippen LogP contribution in [-0.2, 0) is 6.54 Å². The first-order valence-electron chi connectivity index (χ1n) is 11.0. The third kappa shape index (κ3) is 3.88. The van der Waals surface area contributed by atoms with Crippen molar-refractivity contribution in [2.24, 2.45) is 0 Å². The van der Waals surface area contributed by atoms with Crippen LogP contribution in [0.1, 0.15) is 38.8 Å². The zero-order valence-corrected chi connectivity index (χ0v) is 19.6. The Bertz CT molecular complexity index is 1460. The Labute approximate surface area is 202 Å². The lowest BCUT2D eigenvalue weighted by molar-refractivity contribution is 0.0920. The minimum atomic E-state index is -0.171. The SMILES string of the molecule is CCn1cc(/C=C2\Oc3c(ccc(OCC(=O)c4ccc(Cl)cc4)c3C)C2=O)c2ccccc21. The second kappa shape index (κ2) is 8.84. The summed E-state index contributed by atoms with van der Waals surface area (Å²) in [6.07, 6.45) is 3.82. The Hall–Kier alpha value is -3.83. The molecular formula is C28H22ClNO4. The Balaban J connectivity index is 1.39. The van der Waals surface area contributed by atoms with Crippen molar-refractivity contribution in [2.75, 3.05) is 6.61 Å². The maximum absolute atomic E-state index is 13.0. The second-order valence-electron chi connectivity index (χ2n) is 8.11. The van der Waals surface area contributed by atoms with Crippen molar-refractivity contribution in [3.63, 3.8) is 0 Å². The molecule has 6 heteroatoms. The number of nitrogens with zero attached hydrogens (tertiary/aromatic N) is 1. The smallest absolute Gasteiger partial charge is 0.231 e. The molecule has 5 nitrogen and oxygen atoms in total. The van der Waals surface area contributed by atoms with E-state index in [1.807, 2.05) is 31.3 Å². The molecule has 0 bridgehead atoms. The summed E-state index contributed by atoms with van der Waals surface area (Å²) in [6.45, 7) is 4.60. The Morgan fingerprint density at radius 2 is 1.85 bits per heavy atom. The van der Waals surface area contributed by atoms with Gasteiger partial charge in [0.05, 0.1) is 5.56 Å². The van der Waals surface area contributed by atoms with Crippen LogP contribution in [0.4, 0.5) is 0 Å². The zero-order valence-electron chi connectivity index (χ0n) is 18.8. The van der Waals surface area contributed by atoms with Crippen LogP contribution in [0.15, 0.2) is 72.6 Å². The molecule has 0 radical (unpaired) electrons. The van der Waals surface area contributed by atoms with Gasteiger partial charge in [-0.15, -0.1) is 0 Å². The average molecular weight is 472 g/mol. The van der Waals surface area contributed by atoms with E-state index >= 15 is 0 Å². The monoisotopic (exact) mass is 471 g/mol. The number of aryl methyl sites for hydroxylation is 1. The molecule has 0 saturated heterocycles. The second-order valence-corrected chi connectivity index (χ2v) is 8.55. The van der Waals surface area contributed by atoms with Crippen LogP contribution in [0, 0.1) is 6.92 Å². The standard InChI is InChI=1S/C28H22ClNO4/c1-3-30-15-19(21-6-4-5-7-23(21)30)14-26-27(32)22-12-13-25(17(2)28(22)34-26)33-16-24(31)18-8-10-20(29)11-9-18/h4-15H,3,16H2,1-2H3/b26-14-. The number of rotatable bonds is 6. The fourth-order valence-corrected chi connectivity index (χ4v) is 4.31. The van der Waals surface area contributed by atoms with E-state index in [2.05, 4.69) is 17.6 Å². The Morgan fingerprint density at radius 3 is 2.62 bits per heavy atom. The van der Waals surface area contributed by atoms with Crippen LogP contribution in [0.3, 0.4) is 0 Å². The number of halogens is 1. The third-order valence-electron chi connectivity index (χ3n) is 6.01. The van der Waals surface area contributed by atoms with Crippen LogP contribution in [0.25, 0.3) is 17.0 Å². The predicted molar refractivity (Wildman–Crippen MR) is 133 cm³/mol. The molecule has 2 heterocycles. The molecule has 4 aromatic rings. The Morgan fingerprint density at radius 1 is 1.09 bits per heavy atom. The van der Waals surface area contributed by atoms with E-state index in [1.165, 1.54) is 0 Å². The number of ketones is 2. The number of carbonyl (C=O) groups is 2. The molecule has 1 aromatic heterocycles. The van der Waals surface area contributed by atoms with Gasteiger partial charge in [-0.1, -0.05) is 29.8 Å². The molecule has 0 unspecified atom stereocenters. The molecule has 0 fully saturated rings. The van der Waals surface area contributed by atoms with Crippen molar-refractivity contribution in [2.45, 2.75) is 20.4 Å². The van der Waals surface area contributed by atoms with E-state index in [-0.39, 0.29) is 23.9 Å². The van der Waals surface area contributed by atoms with Gasteiger partial charge in [0, 0.05) is 45.4 Å². The summed E-state index contributed by atoms with van der Waals surface area (Å²) in [5.41, 5.74) is 3.72. The number of para-hydroxylation sites is 1. The van der Waals surface area contributed by atoms with Gasteiger partial charge in [-0.3, -0.25) is 9.59 Å². The zero-order chi connectivity index (χ0) is 23.8. The maximum atomic E-state index is 13.0. The molecule has 3 aromatic carbocycles. The molecule has 0 atom stereocenters. The topological polar surface area (TPSA) is 57.5 Å². The van der Waals surface area contributed by atoms with E-state index in [1.54, 1.807) is 42.5 Å². The number of ether oxygens (including phenoxy) is 2. The van der Waals surface area contributed by atoms with Gasteiger partial charge in [-0.25, -0.2) is 0 Å². The fourth-order valence-electron chi connectivity index (χ4n) is 4.18. The van der Waals surface area contributed by atoms with Gasteiger partial charge in [0.15, 0.2) is 18.1 Å². The van der Waals surface area contributed by atoms with Crippen LogP contribution < -0.4 is 9.47 Å². The van der Waals surface area contributed by atoms with Crippen molar-refractivity contribution in [1.29, 1.82) is 0 Å². The van der Waals surface area contributed by atoms with E-state index in [9.17, 15) is 9.59 Å². The molecule has 170 valence electrons. The maximum Gasteiger partial charge on any atom is 0.231 e. The van der Waals surface area contributed by atoms with E-state index in [4.69, 9.17) is 21.1 Å². The summed E-state index contributed by atoms with van der Waals surface area (Å²) < 4.78 is 13.9. The van der Waals surface area contributed by atoms with Gasteiger partial charge in [-0.2, -0.15) is 0 Å². The lowest BCUT2D eigenvalue weighted by atomic mass is 10.1. The van der Waals surface area contributed by atoms with E-state index in [0.717, 1.165) is 23.0 Å². The Kier molecular flexibility index (Phi) is 5.72. The number of benzene rings is 3. The van der Waals surface area contributed by atoms with E-state index < -0.39 is 0 Å². The molecule has 0 saturated carbocycles. The van der Waals surface area contributed by atoms with Crippen molar-refractivity contribution in [3.8, 4) is 11.5 Å². The van der Waals surface area contributed by atoms with Gasteiger partial charge in [0.25, 0.3) is 0 Å². The fraction of sp³-hybridized carbons (Fsp3) is 0.143. The van der Waals surface area contributed by atoms with Crippen molar-refractivity contribution >= 4 is 40.1 Å². The number of allylic oxidation sites excluding steroid dienone is 1. The molecular weight excluding hydrogens is 450 g/mol. The van der Waals surface area contributed by atoms with Gasteiger partial charge in [0.2, 0.25) is 5.78 Å². The molecule has 34 heavy (non-hydrogen) atoms. The first-order valence-corrected chi connectivity index (χ1v) is 11.4.